The van der Waals surface area contributed by atoms with Crippen LogP contribution in [0.4, 0.5) is 23.4 Å². The summed E-state index contributed by atoms with van der Waals surface area (Å²) in [6, 6.07) is 8.53. The standard InChI is InChI=1S/C19H21N5O4.C9H15N5O/c1-26-15-10-12-13(11-16(15)27-2)21-19(22-17(12)20)24-7-5-23(6-8-24)18(25)14-4-3-9-28-14;10-7-6-8(12-9(11)14(7)15)13-4-2-1-3-5-13/h3-4,9-11H,5-8H2,1-2H3,(H2,20,21,22);6,11,15H,1-5,10H2. The molecule has 4 aromatic rings. The molecule has 6 rings (SSSR count). The molecule has 0 aliphatic carbocycles. The number of aromatic nitrogens is 4. The van der Waals surface area contributed by atoms with Crippen LogP contribution in [0.3, 0.4) is 0 Å². The highest BCUT2D eigenvalue weighted by Crippen LogP contribution is 2.34. The van der Waals surface area contributed by atoms with Gasteiger partial charge in [-0.2, -0.15) is 9.97 Å². The van der Waals surface area contributed by atoms with Gasteiger partial charge in [-0.3, -0.25) is 10.2 Å². The van der Waals surface area contributed by atoms with E-state index in [2.05, 4.69) is 19.9 Å². The minimum absolute atomic E-state index is 0.111. The summed E-state index contributed by atoms with van der Waals surface area (Å²) >= 11 is 0. The number of anilines is 4. The van der Waals surface area contributed by atoms with E-state index in [0.29, 0.717) is 76.7 Å². The van der Waals surface area contributed by atoms with Gasteiger partial charge in [-0.1, -0.05) is 0 Å². The molecule has 0 saturated carbocycles. The second kappa shape index (κ2) is 12.8. The molecule has 2 aliphatic heterocycles. The molecule has 0 spiro atoms. The van der Waals surface area contributed by atoms with Gasteiger partial charge < -0.3 is 45.3 Å². The fraction of sp³-hybridized carbons (Fsp3) is 0.393. The van der Waals surface area contributed by atoms with Gasteiger partial charge >= 0.3 is 0 Å². The molecule has 0 radical (unpaired) electrons. The third-order valence-corrected chi connectivity index (χ3v) is 7.42. The Morgan fingerprint density at radius 3 is 2.26 bits per heavy atom. The maximum atomic E-state index is 12.4. The molecule has 2 saturated heterocycles. The monoisotopic (exact) mass is 592 g/mol. The van der Waals surface area contributed by atoms with Gasteiger partial charge in [-0.15, -0.1) is 4.73 Å². The van der Waals surface area contributed by atoms with Crippen LogP contribution in [0.2, 0.25) is 0 Å². The Bertz CT molecular complexity index is 1630. The maximum absolute atomic E-state index is 12.4. The number of fused-ring (bicyclic) bond motifs is 1. The number of carbonyl (C=O) groups is 1. The lowest BCUT2D eigenvalue weighted by molar-refractivity contribution is 0.0714. The normalized spacial score (nSPS) is 15.2. The third-order valence-electron chi connectivity index (χ3n) is 7.42. The van der Waals surface area contributed by atoms with Crippen molar-refractivity contribution in [1.82, 2.24) is 24.6 Å². The first kappa shape index (κ1) is 29.3. The Labute approximate surface area is 247 Å². The van der Waals surface area contributed by atoms with Crippen LogP contribution >= 0.6 is 0 Å². The number of nitrogen functional groups attached to an aromatic ring is 2. The minimum Gasteiger partial charge on any atom is -0.493 e. The summed E-state index contributed by atoms with van der Waals surface area (Å²) in [6.07, 6.45) is 5.02. The number of rotatable bonds is 5. The minimum atomic E-state index is -0.226. The second-order valence-corrected chi connectivity index (χ2v) is 10.1. The number of carbonyl (C=O) groups excluding carboxylic acids is 1. The first-order valence-electron chi connectivity index (χ1n) is 13.9. The molecule has 0 bridgehead atoms. The number of piperazine rings is 1. The SMILES string of the molecule is COc1cc2nc(N3CCN(C(=O)c4ccco4)CC3)nc(N)c2cc1OC.N=c1nc(N2CCCCC2)cc(N)n1O. The molecule has 6 N–H and O–H groups in total. The Morgan fingerprint density at radius 2 is 1.63 bits per heavy atom. The molecule has 228 valence electrons. The van der Waals surface area contributed by atoms with Gasteiger partial charge in [0.2, 0.25) is 5.95 Å². The fourth-order valence-electron chi connectivity index (χ4n) is 5.06. The number of amides is 1. The van der Waals surface area contributed by atoms with Gasteiger partial charge in [-0.05, 0) is 37.5 Å². The number of nitrogens with one attached hydrogen (secondary N) is 1. The van der Waals surface area contributed by atoms with Crippen LogP contribution in [0.25, 0.3) is 10.9 Å². The molecule has 43 heavy (non-hydrogen) atoms. The number of ether oxygens (including phenoxy) is 2. The highest BCUT2D eigenvalue weighted by Gasteiger charge is 2.25. The predicted octanol–water partition coefficient (Wildman–Crippen LogP) is 1.96. The molecule has 1 aromatic carbocycles. The van der Waals surface area contributed by atoms with E-state index in [0.717, 1.165) is 25.9 Å². The Balaban J connectivity index is 0.000000207. The Kier molecular flexibility index (Phi) is 8.69. The van der Waals surface area contributed by atoms with Gasteiger partial charge in [0.15, 0.2) is 17.3 Å². The predicted molar refractivity (Wildman–Crippen MR) is 160 cm³/mol. The molecular formula is C28H36N10O5. The molecule has 1 amide bonds. The van der Waals surface area contributed by atoms with Crippen molar-refractivity contribution < 1.29 is 23.9 Å². The quantitative estimate of drug-likeness (QED) is 0.246. The van der Waals surface area contributed by atoms with Crippen molar-refractivity contribution in [2.75, 3.05) is 74.8 Å². The summed E-state index contributed by atoms with van der Waals surface area (Å²) in [4.78, 5) is 31.3. The number of hydrogen-bond donors (Lipinski definition) is 4. The van der Waals surface area contributed by atoms with Gasteiger partial charge in [0, 0.05) is 56.8 Å². The van der Waals surface area contributed by atoms with E-state index in [1.165, 1.54) is 12.7 Å². The third kappa shape index (κ3) is 6.34. The van der Waals surface area contributed by atoms with Gasteiger partial charge in [0.05, 0.1) is 26.0 Å². The van der Waals surface area contributed by atoms with Crippen molar-refractivity contribution in [1.29, 1.82) is 5.41 Å². The topological polar surface area (TPSA) is 198 Å². The first-order valence-corrected chi connectivity index (χ1v) is 13.9. The lowest BCUT2D eigenvalue weighted by atomic mass is 10.1. The van der Waals surface area contributed by atoms with E-state index in [9.17, 15) is 10.0 Å². The zero-order valence-electron chi connectivity index (χ0n) is 24.2. The van der Waals surface area contributed by atoms with E-state index in [4.69, 9.17) is 30.8 Å². The average molecular weight is 593 g/mol. The van der Waals surface area contributed by atoms with Crippen LogP contribution in [0.1, 0.15) is 29.8 Å². The van der Waals surface area contributed by atoms with Crippen molar-refractivity contribution >= 4 is 40.2 Å². The molecule has 0 unspecified atom stereocenters. The van der Waals surface area contributed by atoms with Gasteiger partial charge in [0.1, 0.15) is 17.5 Å². The number of piperidine rings is 1. The summed E-state index contributed by atoms with van der Waals surface area (Å²) in [7, 11) is 3.14. The summed E-state index contributed by atoms with van der Waals surface area (Å²) in [5, 5.41) is 17.4. The van der Waals surface area contributed by atoms with Gasteiger partial charge in [-0.25, -0.2) is 4.98 Å². The Hall–Kier alpha value is -5.21. The first-order chi connectivity index (χ1) is 20.8. The summed E-state index contributed by atoms with van der Waals surface area (Å²) in [6.45, 7) is 4.19. The molecule has 2 aliphatic rings. The van der Waals surface area contributed by atoms with Crippen LogP contribution in [-0.2, 0) is 0 Å². The Morgan fingerprint density at radius 1 is 0.930 bits per heavy atom. The van der Waals surface area contributed by atoms with E-state index < -0.39 is 0 Å². The van der Waals surface area contributed by atoms with Crippen molar-refractivity contribution in [2.24, 2.45) is 0 Å². The van der Waals surface area contributed by atoms with Crippen LogP contribution in [0, 0.1) is 5.41 Å². The van der Waals surface area contributed by atoms with E-state index in [1.807, 2.05) is 4.90 Å². The molecule has 0 atom stereocenters. The molecule has 5 heterocycles. The summed E-state index contributed by atoms with van der Waals surface area (Å²) in [5.74, 6) is 3.12. The van der Waals surface area contributed by atoms with Crippen LogP contribution in [0.5, 0.6) is 11.5 Å². The number of methoxy groups -OCH3 is 2. The number of nitrogens with two attached hydrogens (primary N) is 2. The van der Waals surface area contributed by atoms with Crippen molar-refractivity contribution in [3.8, 4) is 11.5 Å². The van der Waals surface area contributed by atoms with E-state index in [-0.39, 0.29) is 17.3 Å². The number of furan rings is 1. The lowest BCUT2D eigenvalue weighted by Gasteiger charge is -2.34. The summed E-state index contributed by atoms with van der Waals surface area (Å²) in [5.41, 5.74) is 12.2. The van der Waals surface area contributed by atoms with Crippen LogP contribution in [-0.4, -0.2) is 89.2 Å². The van der Waals surface area contributed by atoms with Crippen molar-refractivity contribution in [2.45, 2.75) is 19.3 Å². The van der Waals surface area contributed by atoms with Crippen LogP contribution < -0.4 is 36.4 Å². The lowest BCUT2D eigenvalue weighted by Crippen LogP contribution is -2.49. The molecule has 15 nitrogen and oxygen atoms in total. The summed E-state index contributed by atoms with van der Waals surface area (Å²) < 4.78 is 16.4. The van der Waals surface area contributed by atoms with Gasteiger partial charge in [0.25, 0.3) is 11.5 Å². The van der Waals surface area contributed by atoms with Crippen molar-refractivity contribution in [3.05, 3.63) is 48.0 Å². The average Bonchev–Trinajstić information content (AvgIpc) is 3.58. The zero-order valence-corrected chi connectivity index (χ0v) is 24.2. The zero-order chi connectivity index (χ0) is 30.5. The molecule has 2 fully saturated rings. The molecule has 3 aromatic heterocycles. The molecule has 15 heteroatoms. The van der Waals surface area contributed by atoms with Crippen LogP contribution in [0.15, 0.2) is 41.0 Å². The second-order valence-electron chi connectivity index (χ2n) is 10.1. The smallest absolute Gasteiger partial charge is 0.289 e. The number of hydrogen-bond acceptors (Lipinski definition) is 13. The highest BCUT2D eigenvalue weighted by molar-refractivity contribution is 5.92. The maximum Gasteiger partial charge on any atom is 0.289 e. The number of benzene rings is 1. The largest absolute Gasteiger partial charge is 0.493 e. The fourth-order valence-corrected chi connectivity index (χ4v) is 5.06. The highest BCUT2D eigenvalue weighted by atomic mass is 16.5. The molecular weight excluding hydrogens is 556 g/mol. The van der Waals surface area contributed by atoms with E-state index >= 15 is 0 Å². The van der Waals surface area contributed by atoms with E-state index in [1.54, 1.807) is 49.5 Å². The number of nitrogens with zero attached hydrogens (tertiary/aromatic N) is 7. The van der Waals surface area contributed by atoms with Crippen molar-refractivity contribution in [3.63, 3.8) is 0 Å².